The lowest BCUT2D eigenvalue weighted by Gasteiger charge is -2.39. The Hall–Kier alpha value is -8.40. The summed E-state index contributed by atoms with van der Waals surface area (Å²) in [6, 6.07) is 51.1. The van der Waals surface area contributed by atoms with Crippen molar-refractivity contribution in [3.8, 4) is 5.75 Å². The molecular weight excluding hydrogens is 981 g/mol. The predicted octanol–water partition coefficient (Wildman–Crippen LogP) is 20.0. The van der Waals surface area contributed by atoms with Crippen molar-refractivity contribution >= 4 is 39.1 Å². The van der Waals surface area contributed by atoms with Gasteiger partial charge in [0.1, 0.15) is 5.75 Å². The molecule has 0 fully saturated rings. The topological polar surface area (TPSA) is 17.4 Å². The van der Waals surface area contributed by atoms with Crippen LogP contribution in [0.4, 0.5) is 5.69 Å². The molecule has 1 heterocycles. The van der Waals surface area contributed by atoms with E-state index in [-0.39, 0.29) is 34.6 Å². The SMILES string of the molecule is C=Cc1ccc(OCCCC2(c3ccccc3)c3cc(N(C4=CCC(c5ccc(C(C)(C)C)cc5)C=C4)C4=CCC(c5ccc6c(c5)c5cc(C7=CCC(C=C)C=C7)ccc5n6C5C=CC=CC5)C=C4)ccc3C3C=CC=CC32)cc1. The predicted molar refractivity (Wildman–Crippen MR) is 343 cm³/mol. The van der Waals surface area contributed by atoms with E-state index in [9.17, 15) is 0 Å². The first-order valence-corrected chi connectivity index (χ1v) is 29.7. The van der Waals surface area contributed by atoms with Crippen LogP contribution in [0.5, 0.6) is 5.75 Å². The van der Waals surface area contributed by atoms with Gasteiger partial charge in [-0.15, -0.1) is 6.58 Å². The number of benzene rings is 6. The van der Waals surface area contributed by atoms with Crippen LogP contribution in [0.25, 0.3) is 33.5 Å². The number of hydrogen-bond donors (Lipinski definition) is 0. The third-order valence-corrected chi connectivity index (χ3v) is 18.4. The molecule has 0 N–H and O–H groups in total. The standard InChI is InChI=1S/C78H74N2O/c1-6-54-23-27-58(28-24-54)60-35-47-75-71(51-60)72-52-61(36-48-76(72)80(75)64-19-12-9-13-20-64)59-33-41-66(42-34-59)79(65-39-31-57(32-40-65)56-29-37-62(38-30-56)77(3,4)5)67-43-46-70-69-21-14-15-22-73(69)78(74(70)53-67,63-17-10-8-11-18-63)49-16-50-81-68-44-25-55(7-2)26-45-68/h6-15,17-19,21-23,25-31,33,35-48,51-54,57,59,64,69,73H,1-2,16,20,24,32,34,49-50H2,3-5H3. The van der Waals surface area contributed by atoms with Gasteiger partial charge < -0.3 is 14.2 Å². The maximum absolute atomic E-state index is 6.48. The molecule has 6 aliphatic rings. The van der Waals surface area contributed by atoms with Gasteiger partial charge >= 0.3 is 0 Å². The van der Waals surface area contributed by atoms with Crippen molar-refractivity contribution < 1.29 is 4.74 Å². The molecule has 6 aromatic carbocycles. The molecule has 0 bridgehead atoms. The molecule has 81 heavy (non-hydrogen) atoms. The fourth-order valence-electron chi connectivity index (χ4n) is 14.0. The molecule has 0 radical (unpaired) electrons. The summed E-state index contributed by atoms with van der Waals surface area (Å²) in [5, 5.41) is 2.63. The molecule has 7 atom stereocenters. The van der Waals surface area contributed by atoms with Crippen molar-refractivity contribution in [2.75, 3.05) is 11.5 Å². The van der Waals surface area contributed by atoms with Crippen LogP contribution < -0.4 is 9.64 Å². The number of aromatic nitrogens is 1. The van der Waals surface area contributed by atoms with Gasteiger partial charge in [-0.1, -0.05) is 216 Å². The maximum atomic E-state index is 6.48. The van der Waals surface area contributed by atoms with Gasteiger partial charge in [-0.2, -0.15) is 0 Å². The Morgan fingerprint density at radius 1 is 0.642 bits per heavy atom. The summed E-state index contributed by atoms with van der Waals surface area (Å²) in [5.74, 6) is 2.36. The lowest BCUT2D eigenvalue weighted by molar-refractivity contribution is 0.273. The molecule has 402 valence electrons. The van der Waals surface area contributed by atoms with E-state index in [2.05, 4.69) is 280 Å². The van der Waals surface area contributed by atoms with Gasteiger partial charge in [-0.3, -0.25) is 0 Å². The van der Waals surface area contributed by atoms with Crippen LogP contribution in [0.15, 0.2) is 267 Å². The Morgan fingerprint density at radius 3 is 2.04 bits per heavy atom. The Balaban J connectivity index is 0.868. The van der Waals surface area contributed by atoms with E-state index in [1.165, 1.54) is 83.4 Å². The number of allylic oxidation sites excluding steroid dienone is 19. The third kappa shape index (κ3) is 9.86. The minimum atomic E-state index is -0.269. The summed E-state index contributed by atoms with van der Waals surface area (Å²) < 4.78 is 9.05. The highest BCUT2D eigenvalue weighted by molar-refractivity contribution is 6.09. The third-order valence-electron chi connectivity index (χ3n) is 18.4. The first-order chi connectivity index (χ1) is 39.7. The number of hydrogen-bond acceptors (Lipinski definition) is 2. The largest absolute Gasteiger partial charge is 0.494 e. The van der Waals surface area contributed by atoms with E-state index in [4.69, 9.17) is 4.74 Å². The maximum Gasteiger partial charge on any atom is 0.119 e. The molecule has 0 saturated carbocycles. The summed E-state index contributed by atoms with van der Waals surface area (Å²) in [6.45, 7) is 15.5. The van der Waals surface area contributed by atoms with Crippen LogP contribution >= 0.6 is 0 Å². The number of fused-ring (bicyclic) bond motifs is 6. The minimum Gasteiger partial charge on any atom is -0.494 e. The van der Waals surface area contributed by atoms with Gasteiger partial charge in [-0.25, -0.2) is 0 Å². The minimum absolute atomic E-state index is 0.113. The molecular formula is C78H74N2O. The molecule has 0 aliphatic heterocycles. The van der Waals surface area contributed by atoms with Crippen molar-refractivity contribution in [2.24, 2.45) is 11.8 Å². The van der Waals surface area contributed by atoms with Gasteiger partial charge in [0.15, 0.2) is 0 Å². The molecule has 3 heteroatoms. The molecule has 6 aliphatic carbocycles. The van der Waals surface area contributed by atoms with Crippen LogP contribution in [-0.4, -0.2) is 11.2 Å². The second-order valence-electron chi connectivity index (χ2n) is 24.2. The normalized spacial score (nSPS) is 23.5. The van der Waals surface area contributed by atoms with Crippen LogP contribution in [0, 0.1) is 11.8 Å². The first-order valence-electron chi connectivity index (χ1n) is 29.7. The van der Waals surface area contributed by atoms with Gasteiger partial charge in [-0.05, 0) is 161 Å². The number of ether oxygens (including phenoxy) is 1. The Labute approximate surface area is 480 Å². The molecule has 3 nitrogen and oxygen atoms in total. The zero-order valence-corrected chi connectivity index (χ0v) is 47.3. The number of anilines is 1. The highest BCUT2D eigenvalue weighted by Crippen LogP contribution is 2.59. The molecule has 7 aromatic rings. The van der Waals surface area contributed by atoms with E-state index >= 15 is 0 Å². The Bertz CT molecular complexity index is 3870. The summed E-state index contributed by atoms with van der Waals surface area (Å²) in [6.07, 6.45) is 49.7. The average molecular weight is 1060 g/mol. The van der Waals surface area contributed by atoms with Crippen molar-refractivity contribution in [1.29, 1.82) is 0 Å². The van der Waals surface area contributed by atoms with Gasteiger partial charge in [0.05, 0.1) is 12.6 Å². The van der Waals surface area contributed by atoms with E-state index in [0.717, 1.165) is 49.8 Å². The van der Waals surface area contributed by atoms with Crippen molar-refractivity contribution in [1.82, 2.24) is 4.57 Å². The van der Waals surface area contributed by atoms with E-state index in [1.54, 1.807) is 0 Å². The fourth-order valence-corrected chi connectivity index (χ4v) is 14.0. The molecule has 0 spiro atoms. The molecule has 1 aromatic heterocycles. The quantitative estimate of drug-likeness (QED) is 0.0752. The van der Waals surface area contributed by atoms with Crippen LogP contribution in [-0.2, 0) is 10.8 Å². The molecule has 7 unspecified atom stereocenters. The lowest BCUT2D eigenvalue weighted by Crippen LogP contribution is -2.34. The van der Waals surface area contributed by atoms with Gasteiger partial charge in [0.2, 0.25) is 0 Å². The molecule has 13 rings (SSSR count). The highest BCUT2D eigenvalue weighted by Gasteiger charge is 2.51. The van der Waals surface area contributed by atoms with Crippen molar-refractivity contribution in [3.63, 3.8) is 0 Å². The average Bonchev–Trinajstić information content (AvgIpc) is 3.27. The lowest BCUT2D eigenvalue weighted by atomic mass is 9.64. The smallest absolute Gasteiger partial charge is 0.119 e. The van der Waals surface area contributed by atoms with Crippen LogP contribution in [0.2, 0.25) is 0 Å². The summed E-state index contributed by atoms with van der Waals surface area (Å²) >= 11 is 0. The Kier molecular flexibility index (Phi) is 14.1. The fraction of sp³-hybridized carbons (Fsp3) is 0.231. The van der Waals surface area contributed by atoms with Crippen LogP contribution in [0.1, 0.15) is 128 Å². The monoisotopic (exact) mass is 1050 g/mol. The van der Waals surface area contributed by atoms with Gasteiger partial charge in [0, 0.05) is 68.0 Å². The van der Waals surface area contributed by atoms with E-state index < -0.39 is 0 Å². The first kappa shape index (κ1) is 52.0. The molecule has 0 saturated heterocycles. The van der Waals surface area contributed by atoms with Gasteiger partial charge in [0.25, 0.3) is 0 Å². The molecule has 0 amide bonds. The van der Waals surface area contributed by atoms with Crippen LogP contribution in [0.3, 0.4) is 0 Å². The summed E-state index contributed by atoms with van der Waals surface area (Å²) in [4.78, 5) is 2.55. The number of nitrogens with zero attached hydrogens (tertiary/aromatic N) is 2. The zero-order valence-electron chi connectivity index (χ0n) is 47.3. The van der Waals surface area contributed by atoms with E-state index in [1.807, 2.05) is 12.2 Å². The second-order valence-corrected chi connectivity index (χ2v) is 24.2. The Morgan fingerprint density at radius 2 is 1.36 bits per heavy atom. The second kappa shape index (κ2) is 21.9. The summed E-state index contributed by atoms with van der Waals surface area (Å²) in [5.41, 5.74) is 18.0. The summed E-state index contributed by atoms with van der Waals surface area (Å²) in [7, 11) is 0. The highest BCUT2D eigenvalue weighted by atomic mass is 16.5. The number of rotatable bonds is 15. The van der Waals surface area contributed by atoms with Crippen molar-refractivity contribution in [3.05, 3.63) is 312 Å². The zero-order chi connectivity index (χ0) is 55.1. The van der Waals surface area contributed by atoms with E-state index in [0.29, 0.717) is 18.4 Å². The van der Waals surface area contributed by atoms with Crippen molar-refractivity contribution in [2.45, 2.75) is 93.9 Å².